The van der Waals surface area contributed by atoms with Crippen LogP contribution in [0, 0.1) is 5.82 Å². The molecule has 1 aliphatic heterocycles. The summed E-state index contributed by atoms with van der Waals surface area (Å²) in [6, 6.07) is 4.51. The van der Waals surface area contributed by atoms with Gasteiger partial charge in [-0.15, -0.1) is 0 Å². The normalized spacial score (nSPS) is 17.1. The Balaban J connectivity index is 2.01. The topological polar surface area (TPSA) is 23.6 Å². The summed E-state index contributed by atoms with van der Waals surface area (Å²) < 4.78 is 13.7. The number of hydrogen-bond donors (Lipinski definition) is 0. The average Bonchev–Trinajstić information content (AvgIpc) is 2.68. The number of rotatable bonds is 3. The Bertz CT molecular complexity index is 461. The Hall–Kier alpha value is -1.13. The van der Waals surface area contributed by atoms with E-state index >= 15 is 0 Å². The van der Waals surface area contributed by atoms with Gasteiger partial charge in [-0.25, -0.2) is 4.39 Å². The third-order valence-electron chi connectivity index (χ3n) is 3.78. The SMILES string of the molecule is CCN1CCCN(C(=O)Cc2c(F)cccc2Cl)CC1. The highest BCUT2D eigenvalue weighted by Gasteiger charge is 2.20. The largest absolute Gasteiger partial charge is 0.341 e. The van der Waals surface area contributed by atoms with Crippen molar-refractivity contribution in [3.05, 3.63) is 34.6 Å². The summed E-state index contributed by atoms with van der Waals surface area (Å²) in [6.45, 7) is 6.46. The molecule has 20 heavy (non-hydrogen) atoms. The lowest BCUT2D eigenvalue weighted by Crippen LogP contribution is -2.36. The van der Waals surface area contributed by atoms with E-state index in [1.54, 1.807) is 12.1 Å². The Morgan fingerprint density at radius 3 is 2.80 bits per heavy atom. The number of nitrogens with zero attached hydrogens (tertiary/aromatic N) is 2. The molecule has 0 atom stereocenters. The van der Waals surface area contributed by atoms with Crippen molar-refractivity contribution in [2.45, 2.75) is 19.8 Å². The predicted octanol–water partition coefficient (Wildman–Crippen LogP) is 2.58. The molecule has 0 radical (unpaired) electrons. The van der Waals surface area contributed by atoms with E-state index in [0.717, 1.165) is 32.6 Å². The van der Waals surface area contributed by atoms with Gasteiger partial charge in [0.25, 0.3) is 0 Å². The summed E-state index contributed by atoms with van der Waals surface area (Å²) >= 11 is 5.97. The maximum absolute atomic E-state index is 13.7. The van der Waals surface area contributed by atoms with E-state index < -0.39 is 5.82 Å². The first-order valence-electron chi connectivity index (χ1n) is 7.05. The molecule has 3 nitrogen and oxygen atoms in total. The number of hydrogen-bond acceptors (Lipinski definition) is 2. The smallest absolute Gasteiger partial charge is 0.227 e. The quantitative estimate of drug-likeness (QED) is 0.856. The lowest BCUT2D eigenvalue weighted by molar-refractivity contribution is -0.130. The van der Waals surface area contributed by atoms with Gasteiger partial charge in [0.15, 0.2) is 0 Å². The minimum Gasteiger partial charge on any atom is -0.341 e. The molecule has 0 aromatic heterocycles. The van der Waals surface area contributed by atoms with E-state index in [9.17, 15) is 9.18 Å². The summed E-state index contributed by atoms with van der Waals surface area (Å²) in [5, 5.41) is 0.323. The summed E-state index contributed by atoms with van der Waals surface area (Å²) in [7, 11) is 0. The zero-order chi connectivity index (χ0) is 14.5. The highest BCUT2D eigenvalue weighted by Crippen LogP contribution is 2.20. The van der Waals surface area contributed by atoms with E-state index in [0.29, 0.717) is 17.1 Å². The predicted molar refractivity (Wildman–Crippen MR) is 78.4 cm³/mol. The number of amides is 1. The number of benzene rings is 1. The maximum atomic E-state index is 13.7. The van der Waals surface area contributed by atoms with Crippen LogP contribution in [-0.2, 0) is 11.2 Å². The number of carbonyl (C=O) groups excluding carboxylic acids is 1. The molecule has 0 unspecified atom stereocenters. The van der Waals surface area contributed by atoms with Crippen LogP contribution in [0.15, 0.2) is 18.2 Å². The van der Waals surface area contributed by atoms with Crippen LogP contribution in [0.1, 0.15) is 18.9 Å². The van der Waals surface area contributed by atoms with Crippen LogP contribution < -0.4 is 0 Å². The second kappa shape index (κ2) is 7.04. The van der Waals surface area contributed by atoms with Crippen molar-refractivity contribution in [2.24, 2.45) is 0 Å². The van der Waals surface area contributed by atoms with Gasteiger partial charge in [0.2, 0.25) is 5.91 Å². The Morgan fingerprint density at radius 2 is 2.10 bits per heavy atom. The molecule has 2 rings (SSSR count). The van der Waals surface area contributed by atoms with Gasteiger partial charge in [-0.2, -0.15) is 0 Å². The third kappa shape index (κ3) is 3.70. The molecule has 1 aromatic rings. The molecule has 1 fully saturated rings. The summed E-state index contributed by atoms with van der Waals surface area (Å²) in [5.74, 6) is -0.453. The molecule has 110 valence electrons. The summed E-state index contributed by atoms with van der Waals surface area (Å²) in [6.07, 6.45) is 1.00. The van der Waals surface area contributed by atoms with Crippen LogP contribution in [0.5, 0.6) is 0 Å². The average molecular weight is 299 g/mol. The van der Waals surface area contributed by atoms with Crippen LogP contribution >= 0.6 is 11.6 Å². The highest BCUT2D eigenvalue weighted by molar-refractivity contribution is 6.31. The minimum absolute atomic E-state index is 0.0393. The molecule has 0 aliphatic carbocycles. The van der Waals surface area contributed by atoms with Crippen LogP contribution in [-0.4, -0.2) is 48.4 Å². The Kier molecular flexibility index (Phi) is 5.38. The molecular formula is C15H20ClFN2O. The van der Waals surface area contributed by atoms with Crippen LogP contribution in [0.4, 0.5) is 4.39 Å². The highest BCUT2D eigenvalue weighted by atomic mass is 35.5. The van der Waals surface area contributed by atoms with Gasteiger partial charge in [0, 0.05) is 30.2 Å². The standard InChI is InChI=1S/C15H20ClFN2O/c1-2-18-7-4-8-19(10-9-18)15(20)11-12-13(16)5-3-6-14(12)17/h3,5-6H,2,4,7-11H2,1H3. The van der Waals surface area contributed by atoms with E-state index in [1.807, 2.05) is 4.90 Å². The molecule has 0 bridgehead atoms. The van der Waals surface area contributed by atoms with Gasteiger partial charge in [-0.1, -0.05) is 24.6 Å². The lowest BCUT2D eigenvalue weighted by atomic mass is 10.1. The molecule has 0 spiro atoms. The van der Waals surface area contributed by atoms with Gasteiger partial charge >= 0.3 is 0 Å². The van der Waals surface area contributed by atoms with Crippen molar-refractivity contribution in [2.75, 3.05) is 32.7 Å². The van der Waals surface area contributed by atoms with Crippen LogP contribution in [0.25, 0.3) is 0 Å². The molecule has 0 saturated carbocycles. The van der Waals surface area contributed by atoms with Gasteiger partial charge in [0.1, 0.15) is 5.82 Å². The monoisotopic (exact) mass is 298 g/mol. The van der Waals surface area contributed by atoms with Crippen LogP contribution in [0.3, 0.4) is 0 Å². The third-order valence-corrected chi connectivity index (χ3v) is 4.13. The fraction of sp³-hybridized carbons (Fsp3) is 0.533. The molecule has 1 aliphatic rings. The maximum Gasteiger partial charge on any atom is 0.227 e. The van der Waals surface area contributed by atoms with Crippen molar-refractivity contribution >= 4 is 17.5 Å². The number of carbonyl (C=O) groups is 1. The van der Waals surface area contributed by atoms with Gasteiger partial charge in [0.05, 0.1) is 6.42 Å². The van der Waals surface area contributed by atoms with Crippen molar-refractivity contribution in [3.8, 4) is 0 Å². The summed E-state index contributed by atoms with van der Waals surface area (Å²) in [5.41, 5.74) is 0.302. The van der Waals surface area contributed by atoms with Crippen molar-refractivity contribution in [1.29, 1.82) is 0 Å². The molecule has 5 heteroatoms. The molecular weight excluding hydrogens is 279 g/mol. The molecule has 1 heterocycles. The van der Waals surface area contributed by atoms with Crippen molar-refractivity contribution in [3.63, 3.8) is 0 Å². The van der Waals surface area contributed by atoms with E-state index in [-0.39, 0.29) is 12.3 Å². The second-order valence-corrected chi connectivity index (χ2v) is 5.45. The first kappa shape index (κ1) is 15.3. The molecule has 1 saturated heterocycles. The van der Waals surface area contributed by atoms with Gasteiger partial charge in [-0.05, 0) is 31.6 Å². The zero-order valence-electron chi connectivity index (χ0n) is 11.7. The van der Waals surface area contributed by atoms with Crippen molar-refractivity contribution in [1.82, 2.24) is 9.80 Å². The second-order valence-electron chi connectivity index (χ2n) is 5.05. The van der Waals surface area contributed by atoms with Crippen molar-refractivity contribution < 1.29 is 9.18 Å². The minimum atomic E-state index is -0.407. The number of halogens is 2. The van der Waals surface area contributed by atoms with E-state index in [4.69, 9.17) is 11.6 Å². The number of likely N-dealkylation sites (N-methyl/N-ethyl adjacent to an activating group) is 1. The fourth-order valence-corrected chi connectivity index (χ4v) is 2.73. The van der Waals surface area contributed by atoms with Gasteiger partial charge in [-0.3, -0.25) is 4.79 Å². The molecule has 0 N–H and O–H groups in total. The first-order chi connectivity index (χ1) is 9.61. The fourth-order valence-electron chi connectivity index (χ4n) is 2.50. The Labute approximate surface area is 124 Å². The van der Waals surface area contributed by atoms with Crippen LogP contribution in [0.2, 0.25) is 5.02 Å². The van der Waals surface area contributed by atoms with Gasteiger partial charge < -0.3 is 9.80 Å². The summed E-state index contributed by atoms with van der Waals surface area (Å²) in [4.78, 5) is 16.4. The van der Waals surface area contributed by atoms with E-state index in [1.165, 1.54) is 6.07 Å². The molecule has 1 amide bonds. The first-order valence-corrected chi connectivity index (χ1v) is 7.42. The Morgan fingerprint density at radius 1 is 1.30 bits per heavy atom. The zero-order valence-corrected chi connectivity index (χ0v) is 12.5. The lowest BCUT2D eigenvalue weighted by Gasteiger charge is -2.21. The van der Waals surface area contributed by atoms with E-state index in [2.05, 4.69) is 11.8 Å². The molecule has 1 aromatic carbocycles.